The smallest absolute Gasteiger partial charge is 0.157 e. The summed E-state index contributed by atoms with van der Waals surface area (Å²) in [6.07, 6.45) is 19.0. The van der Waals surface area contributed by atoms with Crippen LogP contribution in [0.1, 0.15) is 103 Å². The van der Waals surface area contributed by atoms with E-state index >= 15 is 0 Å². The zero-order chi connectivity index (χ0) is 16.4. The predicted octanol–water partition coefficient (Wildman–Crippen LogP) is 6.23. The van der Waals surface area contributed by atoms with Gasteiger partial charge in [0.15, 0.2) is 6.29 Å². The second-order valence-electron chi connectivity index (χ2n) is 6.70. The van der Waals surface area contributed by atoms with Crippen molar-refractivity contribution < 1.29 is 9.47 Å². The summed E-state index contributed by atoms with van der Waals surface area (Å²) in [5.74, 6) is 6.57. The van der Waals surface area contributed by atoms with Gasteiger partial charge in [0.05, 0.1) is 0 Å². The SMILES string of the molecule is CCCCC#CCCCCCCCCCCOC1CCCCO1. The Morgan fingerprint density at radius 3 is 2.13 bits per heavy atom. The van der Waals surface area contributed by atoms with Crippen LogP contribution in [0.25, 0.3) is 0 Å². The van der Waals surface area contributed by atoms with Crippen LogP contribution in [0.4, 0.5) is 0 Å². The Kier molecular flexibility index (Phi) is 14.6. The second-order valence-corrected chi connectivity index (χ2v) is 6.70. The fourth-order valence-electron chi connectivity index (χ4n) is 2.88. The second kappa shape index (κ2) is 16.3. The number of hydrogen-bond donors (Lipinski definition) is 0. The number of ether oxygens (including phenoxy) is 2. The van der Waals surface area contributed by atoms with Gasteiger partial charge in [-0.1, -0.05) is 51.9 Å². The van der Waals surface area contributed by atoms with Gasteiger partial charge in [-0.05, 0) is 38.5 Å². The molecule has 0 bridgehead atoms. The van der Waals surface area contributed by atoms with Crippen LogP contribution in [0.5, 0.6) is 0 Å². The summed E-state index contributed by atoms with van der Waals surface area (Å²) in [5.41, 5.74) is 0. The van der Waals surface area contributed by atoms with E-state index in [1.54, 1.807) is 0 Å². The van der Waals surface area contributed by atoms with Crippen molar-refractivity contribution in [2.75, 3.05) is 13.2 Å². The molecule has 1 saturated heterocycles. The van der Waals surface area contributed by atoms with E-state index in [2.05, 4.69) is 18.8 Å². The van der Waals surface area contributed by atoms with Gasteiger partial charge in [0.25, 0.3) is 0 Å². The number of unbranched alkanes of at least 4 members (excludes halogenated alkanes) is 10. The molecular formula is C21H38O2. The van der Waals surface area contributed by atoms with Crippen molar-refractivity contribution in [2.45, 2.75) is 110 Å². The summed E-state index contributed by atoms with van der Waals surface area (Å²) in [5, 5.41) is 0. The normalized spacial score (nSPS) is 17.7. The van der Waals surface area contributed by atoms with Crippen LogP contribution >= 0.6 is 0 Å². The van der Waals surface area contributed by atoms with Crippen LogP contribution in [0, 0.1) is 11.8 Å². The lowest BCUT2D eigenvalue weighted by molar-refractivity contribution is -0.162. The van der Waals surface area contributed by atoms with Gasteiger partial charge in [-0.2, -0.15) is 0 Å². The van der Waals surface area contributed by atoms with Crippen molar-refractivity contribution in [1.82, 2.24) is 0 Å². The first-order valence-electron chi connectivity index (χ1n) is 10.1. The minimum absolute atomic E-state index is 0.0915. The van der Waals surface area contributed by atoms with Gasteiger partial charge in [0, 0.05) is 26.1 Å². The highest BCUT2D eigenvalue weighted by molar-refractivity contribution is 4.98. The molecule has 0 saturated carbocycles. The molecule has 1 rings (SSSR count). The molecule has 0 aromatic rings. The van der Waals surface area contributed by atoms with E-state index in [1.165, 1.54) is 77.0 Å². The van der Waals surface area contributed by atoms with Gasteiger partial charge in [0.1, 0.15) is 0 Å². The van der Waals surface area contributed by atoms with E-state index in [0.717, 1.165) is 32.5 Å². The Labute approximate surface area is 144 Å². The molecule has 2 nitrogen and oxygen atoms in total. The first-order chi connectivity index (χ1) is 11.4. The monoisotopic (exact) mass is 322 g/mol. The molecule has 1 unspecified atom stereocenters. The molecule has 0 aromatic heterocycles. The Morgan fingerprint density at radius 1 is 0.826 bits per heavy atom. The fraction of sp³-hybridized carbons (Fsp3) is 0.905. The van der Waals surface area contributed by atoms with Crippen LogP contribution in [0.15, 0.2) is 0 Å². The van der Waals surface area contributed by atoms with Gasteiger partial charge < -0.3 is 9.47 Å². The molecule has 1 aliphatic heterocycles. The van der Waals surface area contributed by atoms with Crippen molar-refractivity contribution in [2.24, 2.45) is 0 Å². The highest BCUT2D eigenvalue weighted by atomic mass is 16.7. The summed E-state index contributed by atoms with van der Waals surface area (Å²) in [7, 11) is 0. The van der Waals surface area contributed by atoms with Gasteiger partial charge in [-0.25, -0.2) is 0 Å². The molecule has 0 amide bonds. The maximum atomic E-state index is 5.75. The molecule has 134 valence electrons. The summed E-state index contributed by atoms with van der Waals surface area (Å²) >= 11 is 0. The summed E-state index contributed by atoms with van der Waals surface area (Å²) in [6.45, 7) is 3.98. The Hall–Kier alpha value is -0.520. The molecule has 0 aliphatic carbocycles. The third-order valence-electron chi connectivity index (χ3n) is 4.42. The van der Waals surface area contributed by atoms with Crippen LogP contribution in [0.3, 0.4) is 0 Å². The molecule has 1 fully saturated rings. The highest BCUT2D eigenvalue weighted by Crippen LogP contribution is 2.15. The van der Waals surface area contributed by atoms with E-state index < -0.39 is 0 Å². The van der Waals surface area contributed by atoms with Crippen LogP contribution in [0.2, 0.25) is 0 Å². The van der Waals surface area contributed by atoms with Gasteiger partial charge in [0.2, 0.25) is 0 Å². The molecule has 2 heteroatoms. The van der Waals surface area contributed by atoms with Gasteiger partial charge >= 0.3 is 0 Å². The number of hydrogen-bond acceptors (Lipinski definition) is 2. The fourth-order valence-corrected chi connectivity index (χ4v) is 2.88. The third-order valence-corrected chi connectivity index (χ3v) is 4.42. The minimum atomic E-state index is 0.0915. The Bertz CT molecular complexity index is 297. The molecule has 1 heterocycles. The van der Waals surface area contributed by atoms with Crippen molar-refractivity contribution in [3.05, 3.63) is 0 Å². The maximum absolute atomic E-state index is 5.75. The average molecular weight is 323 g/mol. The van der Waals surface area contributed by atoms with E-state index in [4.69, 9.17) is 9.47 Å². The lowest BCUT2D eigenvalue weighted by atomic mass is 10.1. The molecule has 1 atom stereocenters. The van der Waals surface area contributed by atoms with Gasteiger partial charge in [-0.3, -0.25) is 0 Å². The molecule has 0 spiro atoms. The molecule has 0 radical (unpaired) electrons. The minimum Gasteiger partial charge on any atom is -0.353 e. The Morgan fingerprint density at radius 2 is 1.48 bits per heavy atom. The highest BCUT2D eigenvalue weighted by Gasteiger charge is 2.13. The lowest BCUT2D eigenvalue weighted by Crippen LogP contribution is -2.22. The van der Waals surface area contributed by atoms with Crippen molar-refractivity contribution in [3.63, 3.8) is 0 Å². The largest absolute Gasteiger partial charge is 0.353 e. The van der Waals surface area contributed by atoms with Crippen molar-refractivity contribution >= 4 is 0 Å². The zero-order valence-corrected chi connectivity index (χ0v) is 15.4. The summed E-state index contributed by atoms with van der Waals surface area (Å²) in [4.78, 5) is 0. The van der Waals surface area contributed by atoms with Crippen molar-refractivity contribution in [1.29, 1.82) is 0 Å². The van der Waals surface area contributed by atoms with E-state index in [0.29, 0.717) is 0 Å². The molecule has 0 N–H and O–H groups in total. The lowest BCUT2D eigenvalue weighted by Gasteiger charge is -2.22. The first kappa shape index (κ1) is 20.5. The van der Waals surface area contributed by atoms with E-state index in [9.17, 15) is 0 Å². The van der Waals surface area contributed by atoms with E-state index in [-0.39, 0.29) is 6.29 Å². The molecule has 1 aliphatic rings. The van der Waals surface area contributed by atoms with Crippen LogP contribution < -0.4 is 0 Å². The first-order valence-corrected chi connectivity index (χ1v) is 10.1. The average Bonchev–Trinajstić information content (AvgIpc) is 2.59. The van der Waals surface area contributed by atoms with E-state index in [1.807, 2.05) is 0 Å². The van der Waals surface area contributed by atoms with Gasteiger partial charge in [-0.15, -0.1) is 11.8 Å². The van der Waals surface area contributed by atoms with Crippen LogP contribution in [-0.4, -0.2) is 19.5 Å². The van der Waals surface area contributed by atoms with Crippen LogP contribution in [-0.2, 0) is 9.47 Å². The third kappa shape index (κ3) is 13.6. The topological polar surface area (TPSA) is 18.5 Å². The maximum Gasteiger partial charge on any atom is 0.157 e. The quantitative estimate of drug-likeness (QED) is 0.295. The standard InChI is InChI=1S/C21H38O2/c1-2-3-4-5-6-7-8-9-10-11-12-13-14-16-19-22-21-18-15-17-20-23-21/h21H,2-4,7-20H2,1H3. The Balaban J connectivity index is 1.72. The summed E-state index contributed by atoms with van der Waals surface area (Å²) < 4.78 is 11.3. The number of rotatable bonds is 13. The predicted molar refractivity (Wildman–Crippen MR) is 98.4 cm³/mol. The zero-order valence-electron chi connectivity index (χ0n) is 15.4. The molecule has 0 aromatic carbocycles. The molecule has 23 heavy (non-hydrogen) atoms. The van der Waals surface area contributed by atoms with Crippen molar-refractivity contribution in [3.8, 4) is 11.8 Å². The summed E-state index contributed by atoms with van der Waals surface area (Å²) in [6, 6.07) is 0. The molecular weight excluding hydrogens is 284 g/mol.